The molecule has 0 saturated heterocycles. The summed E-state index contributed by atoms with van der Waals surface area (Å²) in [5, 5.41) is 2.99. The van der Waals surface area contributed by atoms with Gasteiger partial charge in [-0.15, -0.1) is 0 Å². The number of esters is 1. The molecule has 0 aromatic carbocycles. The van der Waals surface area contributed by atoms with Crippen molar-refractivity contribution in [3.05, 3.63) is 28.6 Å². The molecule has 0 bridgehead atoms. The molecule has 1 saturated carbocycles. The lowest BCUT2D eigenvalue weighted by Gasteiger charge is -2.30. The molecule has 0 radical (unpaired) electrons. The van der Waals surface area contributed by atoms with E-state index in [-0.39, 0.29) is 11.9 Å². The zero-order valence-corrected chi connectivity index (χ0v) is 15.0. The van der Waals surface area contributed by atoms with E-state index in [1.54, 1.807) is 19.1 Å². The van der Waals surface area contributed by atoms with Gasteiger partial charge in [-0.25, -0.2) is 4.79 Å². The fourth-order valence-electron chi connectivity index (χ4n) is 2.67. The highest BCUT2D eigenvalue weighted by Gasteiger charge is 2.25. The second-order valence-corrected chi connectivity index (χ2v) is 6.71. The smallest absolute Gasteiger partial charge is 0.331 e. The Labute approximate surface area is 144 Å². The average Bonchev–Trinajstić information content (AvgIpc) is 2.93. The third kappa shape index (κ3) is 5.53. The van der Waals surface area contributed by atoms with Gasteiger partial charge in [-0.2, -0.15) is 0 Å². The molecule has 3 atom stereocenters. The van der Waals surface area contributed by atoms with Gasteiger partial charge in [-0.1, -0.05) is 19.8 Å². The Kier molecular flexibility index (Phi) is 6.45. The van der Waals surface area contributed by atoms with Crippen molar-refractivity contribution in [2.24, 2.45) is 5.92 Å². The van der Waals surface area contributed by atoms with E-state index < -0.39 is 12.1 Å². The molecule has 5 nitrogen and oxygen atoms in total. The Balaban J connectivity index is 1.80. The Hall–Kier alpha value is -1.56. The Morgan fingerprint density at radius 2 is 2.13 bits per heavy atom. The maximum Gasteiger partial charge on any atom is 0.331 e. The van der Waals surface area contributed by atoms with E-state index in [9.17, 15) is 9.59 Å². The van der Waals surface area contributed by atoms with Gasteiger partial charge in [-0.05, 0) is 59.8 Å². The van der Waals surface area contributed by atoms with Crippen LogP contribution in [0.2, 0.25) is 0 Å². The fourth-order valence-corrected chi connectivity index (χ4v) is 2.98. The van der Waals surface area contributed by atoms with Crippen molar-refractivity contribution in [2.75, 3.05) is 0 Å². The fraction of sp³-hybridized carbons (Fsp3) is 0.529. The first-order valence-electron chi connectivity index (χ1n) is 7.90. The molecule has 1 N–H and O–H groups in total. The van der Waals surface area contributed by atoms with Gasteiger partial charge in [0.15, 0.2) is 10.8 Å². The zero-order valence-electron chi connectivity index (χ0n) is 13.4. The van der Waals surface area contributed by atoms with Crippen molar-refractivity contribution in [2.45, 2.75) is 51.7 Å². The number of carbonyl (C=O) groups is 2. The summed E-state index contributed by atoms with van der Waals surface area (Å²) in [5.74, 6) is 0.179. The number of halogens is 1. The second kappa shape index (κ2) is 8.34. The minimum Gasteiger partial charge on any atom is -0.450 e. The summed E-state index contributed by atoms with van der Waals surface area (Å²) in [6.45, 7) is 3.73. The third-order valence-corrected chi connectivity index (χ3v) is 4.51. The number of amides is 1. The highest BCUT2D eigenvalue weighted by molar-refractivity contribution is 9.10. The van der Waals surface area contributed by atoms with Crippen molar-refractivity contribution in [1.82, 2.24) is 5.32 Å². The van der Waals surface area contributed by atoms with Gasteiger partial charge in [0.25, 0.3) is 5.91 Å². The van der Waals surface area contributed by atoms with Gasteiger partial charge in [0.05, 0.1) is 0 Å². The molecule has 6 heteroatoms. The number of nitrogens with one attached hydrogen (secondary N) is 1. The van der Waals surface area contributed by atoms with Crippen molar-refractivity contribution in [3.63, 3.8) is 0 Å². The molecule has 1 heterocycles. The summed E-state index contributed by atoms with van der Waals surface area (Å²) >= 11 is 3.18. The molecule has 0 unspecified atom stereocenters. The Bertz CT molecular complexity index is 581. The lowest BCUT2D eigenvalue weighted by Crippen LogP contribution is -2.45. The van der Waals surface area contributed by atoms with Gasteiger partial charge in [-0.3, -0.25) is 4.79 Å². The van der Waals surface area contributed by atoms with Crippen LogP contribution in [0.25, 0.3) is 6.08 Å². The molecule has 1 fully saturated rings. The van der Waals surface area contributed by atoms with Gasteiger partial charge in [0.1, 0.15) is 5.76 Å². The molecule has 0 spiro atoms. The Morgan fingerprint density at radius 1 is 1.39 bits per heavy atom. The van der Waals surface area contributed by atoms with Crippen LogP contribution < -0.4 is 5.32 Å². The van der Waals surface area contributed by atoms with Crippen molar-refractivity contribution < 1.29 is 18.7 Å². The maximum atomic E-state index is 12.1. The van der Waals surface area contributed by atoms with E-state index in [1.807, 2.05) is 0 Å². The summed E-state index contributed by atoms with van der Waals surface area (Å²) < 4.78 is 11.0. The van der Waals surface area contributed by atoms with Crippen molar-refractivity contribution in [1.29, 1.82) is 0 Å². The van der Waals surface area contributed by atoms with E-state index in [0.717, 1.165) is 19.3 Å². The zero-order chi connectivity index (χ0) is 16.8. The largest absolute Gasteiger partial charge is 0.450 e. The quantitative estimate of drug-likeness (QED) is 0.621. The summed E-state index contributed by atoms with van der Waals surface area (Å²) in [6.07, 6.45) is 6.39. The molecule has 1 aromatic heterocycles. The van der Waals surface area contributed by atoms with E-state index >= 15 is 0 Å². The van der Waals surface area contributed by atoms with E-state index in [1.165, 1.54) is 18.6 Å². The van der Waals surface area contributed by atoms with Crippen molar-refractivity contribution >= 4 is 33.9 Å². The van der Waals surface area contributed by atoms with Crippen LogP contribution in [0.5, 0.6) is 0 Å². The average molecular weight is 384 g/mol. The number of hydrogen-bond donors (Lipinski definition) is 1. The Morgan fingerprint density at radius 3 is 2.78 bits per heavy atom. The van der Waals surface area contributed by atoms with Crippen LogP contribution in [-0.4, -0.2) is 24.0 Å². The van der Waals surface area contributed by atoms with Crippen LogP contribution in [0.3, 0.4) is 0 Å². The minimum absolute atomic E-state index is 0.174. The molecule has 0 aliphatic heterocycles. The topological polar surface area (TPSA) is 68.5 Å². The number of carbonyl (C=O) groups excluding carboxylic acids is 2. The molecule has 1 amide bonds. The maximum absolute atomic E-state index is 12.1. The number of rotatable bonds is 5. The van der Waals surface area contributed by atoms with Crippen LogP contribution in [-0.2, 0) is 14.3 Å². The molecule has 1 aliphatic carbocycles. The summed E-state index contributed by atoms with van der Waals surface area (Å²) in [5.41, 5.74) is 0. The number of furan rings is 1. The van der Waals surface area contributed by atoms with Crippen LogP contribution in [0, 0.1) is 5.92 Å². The molecule has 1 aliphatic rings. The highest BCUT2D eigenvalue weighted by Crippen LogP contribution is 2.23. The minimum atomic E-state index is -0.815. The SMILES string of the molecule is C[C@H](OC(=O)/C=C/c1ccc(Br)o1)C(=O)N[C@H]1CCCC[C@H]1C. The lowest BCUT2D eigenvalue weighted by molar-refractivity contribution is -0.150. The molecule has 2 rings (SSSR count). The van der Waals surface area contributed by atoms with E-state index in [0.29, 0.717) is 16.3 Å². The van der Waals surface area contributed by atoms with Crippen LogP contribution >= 0.6 is 15.9 Å². The molecule has 1 aromatic rings. The first-order chi connectivity index (χ1) is 11.0. The first kappa shape index (κ1) is 17.8. The highest BCUT2D eigenvalue weighted by atomic mass is 79.9. The summed E-state index contributed by atoms with van der Waals surface area (Å²) in [4.78, 5) is 23.9. The first-order valence-corrected chi connectivity index (χ1v) is 8.69. The van der Waals surface area contributed by atoms with Crippen molar-refractivity contribution in [3.8, 4) is 0 Å². The summed E-state index contributed by atoms with van der Waals surface area (Å²) in [6, 6.07) is 3.62. The lowest BCUT2D eigenvalue weighted by atomic mass is 9.86. The van der Waals surface area contributed by atoms with Gasteiger partial charge in [0.2, 0.25) is 0 Å². The van der Waals surface area contributed by atoms with E-state index in [4.69, 9.17) is 9.15 Å². The van der Waals surface area contributed by atoms with E-state index in [2.05, 4.69) is 28.2 Å². The van der Waals surface area contributed by atoms with Crippen LogP contribution in [0.4, 0.5) is 0 Å². The number of hydrogen-bond acceptors (Lipinski definition) is 4. The normalized spacial score (nSPS) is 22.7. The number of ether oxygens (including phenoxy) is 1. The molecule has 23 heavy (non-hydrogen) atoms. The van der Waals surface area contributed by atoms with Crippen LogP contribution in [0.1, 0.15) is 45.3 Å². The summed E-state index contributed by atoms with van der Waals surface area (Å²) in [7, 11) is 0. The predicted octanol–water partition coefficient (Wildman–Crippen LogP) is 3.68. The predicted molar refractivity (Wildman–Crippen MR) is 90.6 cm³/mol. The third-order valence-electron chi connectivity index (χ3n) is 4.08. The molecular formula is C17H22BrNO4. The molecule has 126 valence electrons. The van der Waals surface area contributed by atoms with Gasteiger partial charge < -0.3 is 14.5 Å². The van der Waals surface area contributed by atoms with Gasteiger partial charge >= 0.3 is 5.97 Å². The van der Waals surface area contributed by atoms with Gasteiger partial charge in [0, 0.05) is 12.1 Å². The molecular weight excluding hydrogens is 362 g/mol. The standard InChI is InChI=1S/C17H22BrNO4/c1-11-5-3-4-6-14(11)19-17(21)12(2)22-16(20)10-8-13-7-9-15(18)23-13/h7-12,14H,3-6H2,1-2H3,(H,19,21)/b10-8+/t11-,12+,14+/m1/s1. The second-order valence-electron chi connectivity index (χ2n) is 5.93. The monoisotopic (exact) mass is 383 g/mol. The van der Waals surface area contributed by atoms with Crippen LogP contribution in [0.15, 0.2) is 27.3 Å².